The van der Waals surface area contributed by atoms with E-state index in [0.717, 1.165) is 6.42 Å². The number of nitrogens with zero attached hydrogens (tertiary/aromatic N) is 2. The van der Waals surface area contributed by atoms with Gasteiger partial charge in [0.1, 0.15) is 18.0 Å². The Labute approximate surface area is 144 Å². The van der Waals surface area contributed by atoms with Crippen molar-refractivity contribution in [1.82, 2.24) is 15.5 Å². The summed E-state index contributed by atoms with van der Waals surface area (Å²) < 4.78 is 24.2. The van der Waals surface area contributed by atoms with Crippen molar-refractivity contribution in [3.63, 3.8) is 0 Å². The number of aryl methyl sites for hydroxylation is 1. The second-order valence-corrected chi connectivity index (χ2v) is 6.21. The van der Waals surface area contributed by atoms with Crippen molar-refractivity contribution in [3.05, 3.63) is 35.5 Å². The maximum atomic E-state index is 13.4. The van der Waals surface area contributed by atoms with E-state index in [0.29, 0.717) is 29.9 Å². The highest BCUT2D eigenvalue weighted by atomic mass is 19.1. The molecule has 0 bridgehead atoms. The third kappa shape index (κ3) is 3.85. The summed E-state index contributed by atoms with van der Waals surface area (Å²) in [7, 11) is 0. The fraction of sp³-hybridized carbons (Fsp3) is 0.471. The van der Waals surface area contributed by atoms with E-state index in [1.54, 1.807) is 26.0 Å². The SMILES string of the molecule is Cc1cc(-c2noc(C(C)NC(=O)[C@@H]3CC[C@H](CN)O3)n2)ccc1F. The first-order valence-electron chi connectivity index (χ1n) is 8.24. The molecule has 1 fully saturated rings. The lowest BCUT2D eigenvalue weighted by atomic mass is 10.1. The van der Waals surface area contributed by atoms with Crippen LogP contribution in [-0.4, -0.2) is 34.8 Å². The van der Waals surface area contributed by atoms with Crippen LogP contribution in [0.4, 0.5) is 4.39 Å². The molecule has 3 rings (SSSR count). The molecule has 1 aromatic carbocycles. The molecule has 1 unspecified atom stereocenters. The van der Waals surface area contributed by atoms with Gasteiger partial charge >= 0.3 is 0 Å². The normalized spacial score (nSPS) is 21.3. The first kappa shape index (κ1) is 17.5. The van der Waals surface area contributed by atoms with Gasteiger partial charge in [-0.15, -0.1) is 0 Å². The number of rotatable bonds is 5. The van der Waals surface area contributed by atoms with E-state index in [1.165, 1.54) is 6.07 Å². The highest BCUT2D eigenvalue weighted by Crippen LogP contribution is 2.22. The first-order chi connectivity index (χ1) is 12.0. The fourth-order valence-electron chi connectivity index (χ4n) is 2.75. The van der Waals surface area contributed by atoms with Gasteiger partial charge in [0.2, 0.25) is 17.6 Å². The maximum Gasteiger partial charge on any atom is 0.249 e. The highest BCUT2D eigenvalue weighted by molar-refractivity contribution is 5.81. The molecule has 1 aromatic heterocycles. The van der Waals surface area contributed by atoms with Gasteiger partial charge in [0.15, 0.2) is 0 Å². The van der Waals surface area contributed by atoms with Gasteiger partial charge in [0, 0.05) is 12.1 Å². The Balaban J connectivity index is 1.65. The number of ether oxygens (including phenoxy) is 1. The molecule has 0 saturated carbocycles. The number of nitrogens with two attached hydrogens (primary N) is 1. The van der Waals surface area contributed by atoms with Crippen molar-refractivity contribution in [1.29, 1.82) is 0 Å². The van der Waals surface area contributed by atoms with Crippen molar-refractivity contribution in [3.8, 4) is 11.4 Å². The maximum absolute atomic E-state index is 13.4. The molecule has 1 aliphatic heterocycles. The summed E-state index contributed by atoms with van der Waals surface area (Å²) in [6, 6.07) is 4.12. The van der Waals surface area contributed by atoms with Crippen molar-refractivity contribution in [2.24, 2.45) is 5.73 Å². The highest BCUT2D eigenvalue weighted by Gasteiger charge is 2.31. The molecule has 2 heterocycles. The van der Waals surface area contributed by atoms with Gasteiger partial charge < -0.3 is 20.3 Å². The van der Waals surface area contributed by atoms with Gasteiger partial charge in [-0.25, -0.2) is 4.39 Å². The number of benzene rings is 1. The Kier molecular flexibility index (Phi) is 5.10. The van der Waals surface area contributed by atoms with Gasteiger partial charge in [0.25, 0.3) is 0 Å². The van der Waals surface area contributed by atoms with Crippen molar-refractivity contribution in [2.45, 2.75) is 44.9 Å². The summed E-state index contributed by atoms with van der Waals surface area (Å²) in [5.41, 5.74) is 6.70. The number of hydrogen-bond acceptors (Lipinski definition) is 6. The molecule has 3 N–H and O–H groups in total. The van der Waals surface area contributed by atoms with Crippen molar-refractivity contribution in [2.75, 3.05) is 6.54 Å². The molecule has 1 saturated heterocycles. The largest absolute Gasteiger partial charge is 0.364 e. The third-order valence-electron chi connectivity index (χ3n) is 4.25. The van der Waals surface area contributed by atoms with Crippen LogP contribution in [0.5, 0.6) is 0 Å². The quantitative estimate of drug-likeness (QED) is 0.855. The Hall–Kier alpha value is -2.32. The van der Waals surface area contributed by atoms with Crippen LogP contribution in [0.2, 0.25) is 0 Å². The van der Waals surface area contributed by atoms with Gasteiger partial charge in [-0.2, -0.15) is 4.98 Å². The number of carbonyl (C=O) groups is 1. The minimum atomic E-state index is -0.502. The molecule has 7 nitrogen and oxygen atoms in total. The van der Waals surface area contributed by atoms with Gasteiger partial charge in [-0.3, -0.25) is 4.79 Å². The van der Waals surface area contributed by atoms with Crippen LogP contribution >= 0.6 is 0 Å². The second kappa shape index (κ2) is 7.28. The second-order valence-electron chi connectivity index (χ2n) is 6.21. The van der Waals surface area contributed by atoms with E-state index in [4.69, 9.17) is 15.0 Å². The van der Waals surface area contributed by atoms with Crippen LogP contribution in [0.25, 0.3) is 11.4 Å². The fourth-order valence-corrected chi connectivity index (χ4v) is 2.75. The Morgan fingerprint density at radius 2 is 2.28 bits per heavy atom. The first-order valence-corrected chi connectivity index (χ1v) is 8.24. The molecule has 0 aliphatic carbocycles. The van der Waals surface area contributed by atoms with E-state index in [-0.39, 0.29) is 23.7 Å². The molecule has 0 spiro atoms. The molecule has 2 aromatic rings. The molecule has 3 atom stereocenters. The molecule has 8 heteroatoms. The van der Waals surface area contributed by atoms with Crippen LogP contribution in [0, 0.1) is 12.7 Å². The molecule has 1 amide bonds. The molecule has 0 radical (unpaired) electrons. The predicted octanol–water partition coefficient (Wildman–Crippen LogP) is 1.87. The van der Waals surface area contributed by atoms with Crippen LogP contribution in [-0.2, 0) is 9.53 Å². The van der Waals surface area contributed by atoms with Crippen molar-refractivity contribution < 1.29 is 18.4 Å². The third-order valence-corrected chi connectivity index (χ3v) is 4.25. The zero-order valence-electron chi connectivity index (χ0n) is 14.2. The average Bonchev–Trinajstić information content (AvgIpc) is 3.26. The van der Waals surface area contributed by atoms with Crippen LogP contribution in [0.15, 0.2) is 22.7 Å². The summed E-state index contributed by atoms with van der Waals surface area (Å²) >= 11 is 0. The minimum Gasteiger partial charge on any atom is -0.364 e. The van der Waals surface area contributed by atoms with E-state index in [2.05, 4.69) is 15.5 Å². The van der Waals surface area contributed by atoms with Gasteiger partial charge in [-0.1, -0.05) is 5.16 Å². The summed E-state index contributed by atoms with van der Waals surface area (Å²) in [5, 5.41) is 6.71. The Bertz CT molecular complexity index is 764. The summed E-state index contributed by atoms with van der Waals surface area (Å²) in [4.78, 5) is 16.5. The number of aromatic nitrogens is 2. The monoisotopic (exact) mass is 348 g/mol. The number of carbonyl (C=O) groups excluding carboxylic acids is 1. The van der Waals surface area contributed by atoms with Gasteiger partial charge in [0.05, 0.1) is 6.10 Å². The van der Waals surface area contributed by atoms with Crippen LogP contribution in [0.1, 0.15) is 37.3 Å². The topological polar surface area (TPSA) is 103 Å². The minimum absolute atomic E-state index is 0.0669. The summed E-state index contributed by atoms with van der Waals surface area (Å²) in [6.45, 7) is 3.82. The smallest absolute Gasteiger partial charge is 0.249 e. The van der Waals surface area contributed by atoms with E-state index < -0.39 is 12.1 Å². The lowest BCUT2D eigenvalue weighted by molar-refractivity contribution is -0.132. The van der Waals surface area contributed by atoms with Gasteiger partial charge in [-0.05, 0) is 50.5 Å². The van der Waals surface area contributed by atoms with E-state index >= 15 is 0 Å². The molecule has 1 aliphatic rings. The zero-order valence-corrected chi connectivity index (χ0v) is 14.2. The average molecular weight is 348 g/mol. The zero-order chi connectivity index (χ0) is 18.0. The number of nitrogens with one attached hydrogen (secondary N) is 1. The Morgan fingerprint density at radius 3 is 2.96 bits per heavy atom. The lowest BCUT2D eigenvalue weighted by Gasteiger charge is -2.15. The molecule has 25 heavy (non-hydrogen) atoms. The lowest BCUT2D eigenvalue weighted by Crippen LogP contribution is -2.37. The summed E-state index contributed by atoms with van der Waals surface area (Å²) in [5.74, 6) is 0.111. The number of amides is 1. The number of halogens is 1. The van der Waals surface area contributed by atoms with E-state index in [1.807, 2.05) is 0 Å². The molecule has 134 valence electrons. The standard InChI is InChI=1S/C17H21FN4O3/c1-9-7-11(3-5-13(9)18)15-21-17(25-22-15)10(2)20-16(23)14-6-4-12(8-19)24-14/h3,5,7,10,12,14H,4,6,8,19H2,1-2H3,(H,20,23)/t10?,12-,14+/m1/s1. The molecular weight excluding hydrogens is 327 g/mol. The predicted molar refractivity (Wildman–Crippen MR) is 87.9 cm³/mol. The van der Waals surface area contributed by atoms with Crippen LogP contribution in [0.3, 0.4) is 0 Å². The van der Waals surface area contributed by atoms with E-state index in [9.17, 15) is 9.18 Å². The van der Waals surface area contributed by atoms with Crippen LogP contribution < -0.4 is 11.1 Å². The number of hydrogen-bond donors (Lipinski definition) is 2. The molecular formula is C17H21FN4O3. The Morgan fingerprint density at radius 1 is 1.48 bits per heavy atom. The summed E-state index contributed by atoms with van der Waals surface area (Å²) in [6.07, 6.45) is 0.850. The van der Waals surface area contributed by atoms with Crippen molar-refractivity contribution >= 4 is 5.91 Å².